The van der Waals surface area contributed by atoms with Crippen molar-refractivity contribution >= 4 is 16.9 Å². The van der Waals surface area contributed by atoms with E-state index >= 15 is 0 Å². The highest BCUT2D eigenvalue weighted by Crippen LogP contribution is 2.18. The molecule has 1 atom stereocenters. The number of likely N-dealkylation sites (tertiary alicyclic amines) is 1. The van der Waals surface area contributed by atoms with E-state index in [-0.39, 0.29) is 10.9 Å². The van der Waals surface area contributed by atoms with E-state index in [0.717, 1.165) is 25.5 Å². The van der Waals surface area contributed by atoms with E-state index in [1.54, 1.807) is 16.8 Å². The molecule has 2 aromatic rings. The molecule has 0 amide bonds. The molecule has 3 heterocycles. The van der Waals surface area contributed by atoms with Crippen molar-refractivity contribution in [1.29, 1.82) is 0 Å². The number of aromatic nitrogens is 2. The van der Waals surface area contributed by atoms with Crippen molar-refractivity contribution in [3.05, 3.63) is 44.6 Å². The van der Waals surface area contributed by atoms with Gasteiger partial charge in [0, 0.05) is 18.8 Å². The molecular weight excluding hydrogens is 298 g/mol. The summed E-state index contributed by atoms with van der Waals surface area (Å²) < 4.78 is 1.58. The first-order valence-corrected chi connectivity index (χ1v) is 7.67. The van der Waals surface area contributed by atoms with Gasteiger partial charge in [-0.2, -0.15) is 0 Å². The van der Waals surface area contributed by atoms with Gasteiger partial charge >= 0.3 is 5.97 Å². The van der Waals surface area contributed by atoms with E-state index in [0.29, 0.717) is 18.1 Å². The van der Waals surface area contributed by atoms with Gasteiger partial charge in [-0.3, -0.25) is 9.59 Å². The lowest BCUT2D eigenvalue weighted by atomic mass is 10.1. The normalized spacial score (nSPS) is 18.6. The maximum absolute atomic E-state index is 12.5. The second-order valence-corrected chi connectivity index (χ2v) is 6.02. The molecule has 0 bridgehead atoms. The van der Waals surface area contributed by atoms with Gasteiger partial charge in [-0.1, -0.05) is 0 Å². The number of hydrogen-bond acceptors (Lipinski definition) is 4. The highest BCUT2D eigenvalue weighted by atomic mass is 16.4. The zero-order valence-electron chi connectivity index (χ0n) is 12.9. The molecule has 2 aromatic heterocycles. The summed E-state index contributed by atoms with van der Waals surface area (Å²) in [6, 6.07) is 3.28. The number of hydrogen-bond donors (Lipinski definition) is 2. The topological polar surface area (TPSA) is 95.4 Å². The van der Waals surface area contributed by atoms with E-state index in [9.17, 15) is 14.4 Å². The van der Waals surface area contributed by atoms with Crippen LogP contribution in [0.1, 0.15) is 29.6 Å². The van der Waals surface area contributed by atoms with Crippen molar-refractivity contribution in [2.75, 3.05) is 13.6 Å². The monoisotopic (exact) mass is 317 g/mol. The summed E-state index contributed by atoms with van der Waals surface area (Å²) in [7, 11) is 2.09. The van der Waals surface area contributed by atoms with Gasteiger partial charge < -0.3 is 19.6 Å². The second-order valence-electron chi connectivity index (χ2n) is 6.02. The number of carboxylic acid groups (broad SMARTS) is 1. The molecule has 122 valence electrons. The first-order valence-electron chi connectivity index (χ1n) is 7.67. The molecule has 1 unspecified atom stereocenters. The number of H-pyrrole nitrogens is 1. The van der Waals surface area contributed by atoms with Crippen molar-refractivity contribution in [3.63, 3.8) is 0 Å². The van der Waals surface area contributed by atoms with Crippen LogP contribution in [-0.4, -0.2) is 45.2 Å². The quantitative estimate of drug-likeness (QED) is 0.872. The average molecular weight is 317 g/mol. The molecule has 3 rings (SSSR count). The number of aromatic amines is 1. The molecule has 0 spiro atoms. The standard InChI is InChI=1S/C16H19N3O4/c1-18-6-2-3-10(18)4-7-19-8-5-13-11(15(19)21)9-12(16(22)23)14(20)17-13/h5,8-10H,2-4,6-7H2,1H3,(H,17,20)(H,22,23). The highest BCUT2D eigenvalue weighted by Gasteiger charge is 2.20. The minimum absolute atomic E-state index is 0.226. The Labute approximate surface area is 132 Å². The molecule has 0 saturated carbocycles. The minimum Gasteiger partial charge on any atom is -0.477 e. The van der Waals surface area contributed by atoms with Crippen molar-refractivity contribution in [2.24, 2.45) is 0 Å². The molecule has 1 aliphatic heterocycles. The summed E-state index contributed by atoms with van der Waals surface area (Å²) in [6.07, 6.45) is 4.83. The van der Waals surface area contributed by atoms with Crippen LogP contribution in [0.3, 0.4) is 0 Å². The molecule has 23 heavy (non-hydrogen) atoms. The van der Waals surface area contributed by atoms with Crippen LogP contribution in [0.25, 0.3) is 10.9 Å². The van der Waals surface area contributed by atoms with Gasteiger partial charge in [0.05, 0.1) is 10.9 Å². The lowest BCUT2D eigenvalue weighted by molar-refractivity contribution is 0.0695. The lowest BCUT2D eigenvalue weighted by Crippen LogP contribution is -2.29. The third kappa shape index (κ3) is 2.92. The van der Waals surface area contributed by atoms with Crippen LogP contribution in [0.4, 0.5) is 0 Å². The first kappa shape index (κ1) is 15.5. The number of rotatable bonds is 4. The number of aryl methyl sites for hydroxylation is 1. The Bertz CT molecular complexity index is 868. The fraction of sp³-hybridized carbons (Fsp3) is 0.438. The molecule has 7 heteroatoms. The average Bonchev–Trinajstić information content (AvgIpc) is 2.91. The first-order chi connectivity index (χ1) is 11.0. The van der Waals surface area contributed by atoms with Gasteiger partial charge in [0.25, 0.3) is 11.1 Å². The van der Waals surface area contributed by atoms with Gasteiger partial charge in [-0.25, -0.2) is 4.79 Å². The summed E-state index contributed by atoms with van der Waals surface area (Å²) in [4.78, 5) is 40.0. The SMILES string of the molecule is CN1CCCC1CCn1ccc2[nH]c(=O)c(C(=O)O)cc2c1=O. The number of nitrogens with zero attached hydrogens (tertiary/aromatic N) is 2. The summed E-state index contributed by atoms with van der Waals surface area (Å²) >= 11 is 0. The van der Waals surface area contributed by atoms with Crippen molar-refractivity contribution in [2.45, 2.75) is 31.8 Å². The van der Waals surface area contributed by atoms with E-state index < -0.39 is 17.1 Å². The van der Waals surface area contributed by atoms with E-state index in [1.807, 2.05) is 0 Å². The van der Waals surface area contributed by atoms with Crippen LogP contribution in [-0.2, 0) is 6.54 Å². The number of pyridine rings is 2. The van der Waals surface area contributed by atoms with Crippen LogP contribution in [0.15, 0.2) is 27.9 Å². The number of fused-ring (bicyclic) bond motifs is 1. The summed E-state index contributed by atoms with van der Waals surface area (Å²) in [6.45, 7) is 1.66. The van der Waals surface area contributed by atoms with Gasteiger partial charge in [-0.15, -0.1) is 0 Å². The highest BCUT2D eigenvalue weighted by molar-refractivity contribution is 5.91. The predicted octanol–water partition coefficient (Wildman–Crippen LogP) is 0.872. The van der Waals surface area contributed by atoms with Crippen molar-refractivity contribution < 1.29 is 9.90 Å². The number of carbonyl (C=O) groups is 1. The van der Waals surface area contributed by atoms with Crippen LogP contribution < -0.4 is 11.1 Å². The molecule has 1 aliphatic rings. The molecule has 2 N–H and O–H groups in total. The Morgan fingerprint density at radius 3 is 2.87 bits per heavy atom. The van der Waals surface area contributed by atoms with Crippen molar-refractivity contribution in [1.82, 2.24) is 14.5 Å². The Morgan fingerprint density at radius 2 is 2.22 bits per heavy atom. The third-order valence-electron chi connectivity index (χ3n) is 4.59. The Balaban J connectivity index is 1.94. The van der Waals surface area contributed by atoms with Crippen molar-refractivity contribution in [3.8, 4) is 0 Å². The predicted molar refractivity (Wildman–Crippen MR) is 86.1 cm³/mol. The van der Waals surface area contributed by atoms with Gasteiger partial charge in [0.2, 0.25) is 0 Å². The van der Waals surface area contributed by atoms with Crippen LogP contribution in [0.5, 0.6) is 0 Å². The van der Waals surface area contributed by atoms with E-state index in [4.69, 9.17) is 5.11 Å². The number of nitrogens with one attached hydrogen (secondary N) is 1. The molecule has 0 radical (unpaired) electrons. The Morgan fingerprint density at radius 1 is 1.43 bits per heavy atom. The van der Waals surface area contributed by atoms with Gasteiger partial charge in [0.15, 0.2) is 0 Å². The molecule has 7 nitrogen and oxygen atoms in total. The Kier molecular flexibility index (Phi) is 4.04. The molecular formula is C16H19N3O4. The fourth-order valence-electron chi connectivity index (χ4n) is 3.21. The zero-order chi connectivity index (χ0) is 16.6. The molecule has 1 fully saturated rings. The van der Waals surface area contributed by atoms with E-state index in [2.05, 4.69) is 16.9 Å². The summed E-state index contributed by atoms with van der Waals surface area (Å²) in [5, 5.41) is 9.25. The van der Waals surface area contributed by atoms with Crippen LogP contribution >= 0.6 is 0 Å². The van der Waals surface area contributed by atoms with Gasteiger partial charge in [0.1, 0.15) is 5.56 Å². The third-order valence-corrected chi connectivity index (χ3v) is 4.59. The van der Waals surface area contributed by atoms with Crippen LogP contribution in [0.2, 0.25) is 0 Å². The maximum Gasteiger partial charge on any atom is 0.341 e. The zero-order valence-corrected chi connectivity index (χ0v) is 12.9. The largest absolute Gasteiger partial charge is 0.477 e. The van der Waals surface area contributed by atoms with Crippen LogP contribution in [0, 0.1) is 0 Å². The van der Waals surface area contributed by atoms with E-state index in [1.165, 1.54) is 6.42 Å². The maximum atomic E-state index is 12.5. The number of carboxylic acids is 1. The fourth-order valence-corrected chi connectivity index (χ4v) is 3.21. The molecule has 0 aliphatic carbocycles. The smallest absolute Gasteiger partial charge is 0.341 e. The van der Waals surface area contributed by atoms with Gasteiger partial charge in [-0.05, 0) is 45.0 Å². The molecule has 1 saturated heterocycles. The second kappa shape index (κ2) is 6.00. The lowest BCUT2D eigenvalue weighted by Gasteiger charge is -2.19. The molecule has 0 aromatic carbocycles. The number of aromatic carboxylic acids is 1. The summed E-state index contributed by atoms with van der Waals surface area (Å²) in [5.41, 5.74) is -1.03. The summed E-state index contributed by atoms with van der Waals surface area (Å²) in [5.74, 6) is -1.34. The Hall–Kier alpha value is -2.41. The minimum atomic E-state index is -1.34.